The van der Waals surface area contributed by atoms with Gasteiger partial charge in [-0.1, -0.05) is 70.4 Å². The summed E-state index contributed by atoms with van der Waals surface area (Å²) >= 11 is 1.77. The van der Waals surface area contributed by atoms with Crippen LogP contribution in [0.5, 0.6) is 0 Å². The van der Waals surface area contributed by atoms with E-state index in [4.69, 9.17) is 9.73 Å². The van der Waals surface area contributed by atoms with Crippen molar-refractivity contribution in [3.8, 4) is 0 Å². The van der Waals surface area contributed by atoms with Gasteiger partial charge >= 0.3 is 5.97 Å². The third kappa shape index (κ3) is 7.81. The number of unbranched alkanes of at least 4 members (excludes halogenated alkanes) is 8. The molecule has 0 amide bonds. The van der Waals surface area contributed by atoms with Crippen LogP contribution < -0.4 is 5.32 Å². The van der Waals surface area contributed by atoms with Crippen molar-refractivity contribution in [2.24, 2.45) is 4.99 Å². The van der Waals surface area contributed by atoms with E-state index in [1.165, 1.54) is 49.8 Å². The fourth-order valence-corrected chi connectivity index (χ4v) is 6.07. The molecular formula is C30H44N4O2S. The van der Waals surface area contributed by atoms with E-state index in [1.807, 2.05) is 12.1 Å². The fourth-order valence-electron chi connectivity index (χ4n) is 5.15. The molecule has 202 valence electrons. The van der Waals surface area contributed by atoms with E-state index in [1.54, 1.807) is 11.3 Å². The lowest BCUT2D eigenvalue weighted by Gasteiger charge is -2.40. The summed E-state index contributed by atoms with van der Waals surface area (Å²) in [6.07, 6.45) is 11.8. The Morgan fingerprint density at radius 1 is 1.08 bits per heavy atom. The van der Waals surface area contributed by atoms with Gasteiger partial charge in [-0.25, -0.2) is 4.99 Å². The maximum atomic E-state index is 12.4. The minimum absolute atomic E-state index is 0.0610. The molecule has 1 aromatic carbocycles. The number of anilines is 2. The average molecular weight is 525 g/mol. The third-order valence-electron chi connectivity index (χ3n) is 7.47. The highest BCUT2D eigenvalue weighted by molar-refractivity contribution is 7.16. The van der Waals surface area contributed by atoms with Crippen LogP contribution in [-0.4, -0.2) is 60.9 Å². The Balaban J connectivity index is 1.27. The van der Waals surface area contributed by atoms with Gasteiger partial charge < -0.3 is 15.0 Å². The molecule has 2 aliphatic heterocycles. The van der Waals surface area contributed by atoms with Crippen molar-refractivity contribution in [1.82, 2.24) is 9.80 Å². The van der Waals surface area contributed by atoms with Crippen molar-refractivity contribution in [3.05, 3.63) is 40.8 Å². The van der Waals surface area contributed by atoms with E-state index >= 15 is 0 Å². The quantitative estimate of drug-likeness (QED) is 0.234. The van der Waals surface area contributed by atoms with E-state index in [0.29, 0.717) is 13.0 Å². The highest BCUT2D eigenvalue weighted by Crippen LogP contribution is 2.39. The summed E-state index contributed by atoms with van der Waals surface area (Å²) in [6, 6.07) is 10.6. The normalized spacial score (nSPS) is 17.4. The first-order chi connectivity index (χ1) is 18.0. The molecule has 0 saturated carbocycles. The number of piperazine rings is 1. The van der Waals surface area contributed by atoms with Crippen molar-refractivity contribution < 1.29 is 9.53 Å². The smallest absolute Gasteiger partial charge is 0.305 e. The number of amidine groups is 1. The molecule has 0 radical (unpaired) electrons. The van der Waals surface area contributed by atoms with Crippen LogP contribution in [0.3, 0.4) is 0 Å². The molecule has 1 fully saturated rings. The second-order valence-corrected chi connectivity index (χ2v) is 11.8. The van der Waals surface area contributed by atoms with Crippen molar-refractivity contribution in [3.63, 3.8) is 0 Å². The zero-order valence-corrected chi connectivity index (χ0v) is 23.7. The predicted molar refractivity (Wildman–Crippen MR) is 156 cm³/mol. The van der Waals surface area contributed by atoms with Gasteiger partial charge in [0.2, 0.25) is 0 Å². The molecule has 0 spiro atoms. The number of fused-ring (bicyclic) bond motifs is 2. The molecule has 7 heteroatoms. The van der Waals surface area contributed by atoms with Gasteiger partial charge in [0, 0.05) is 30.9 Å². The average Bonchev–Trinajstić information content (AvgIpc) is 3.18. The fraction of sp³-hybridized carbons (Fsp3) is 0.600. The van der Waals surface area contributed by atoms with E-state index in [-0.39, 0.29) is 12.0 Å². The van der Waals surface area contributed by atoms with Gasteiger partial charge in [-0.15, -0.1) is 11.3 Å². The molecule has 0 aliphatic carbocycles. The van der Waals surface area contributed by atoms with Gasteiger partial charge in [0.15, 0.2) is 0 Å². The number of carbonyl (C=O) groups excluding carboxylic acids is 1. The maximum Gasteiger partial charge on any atom is 0.305 e. The number of hydrogen-bond donors (Lipinski definition) is 1. The summed E-state index contributed by atoms with van der Waals surface area (Å²) < 4.78 is 5.76. The van der Waals surface area contributed by atoms with Crippen LogP contribution >= 0.6 is 11.3 Å². The topological polar surface area (TPSA) is 57.2 Å². The minimum atomic E-state index is -0.0610. The Bertz CT molecular complexity index is 1050. The molecule has 6 nitrogen and oxygen atoms in total. The summed E-state index contributed by atoms with van der Waals surface area (Å²) in [5.41, 5.74) is 3.16. The van der Waals surface area contributed by atoms with E-state index in [2.05, 4.69) is 54.2 Å². The lowest BCUT2D eigenvalue weighted by Crippen LogP contribution is -2.55. The van der Waals surface area contributed by atoms with Crippen LogP contribution in [0.2, 0.25) is 0 Å². The summed E-state index contributed by atoms with van der Waals surface area (Å²) in [5, 5.41) is 4.74. The number of esters is 1. The van der Waals surface area contributed by atoms with Gasteiger partial charge in [-0.3, -0.25) is 9.69 Å². The Labute approximate surface area is 227 Å². The second-order valence-electron chi connectivity index (χ2n) is 10.5. The van der Waals surface area contributed by atoms with Gasteiger partial charge in [0.25, 0.3) is 0 Å². The maximum absolute atomic E-state index is 12.4. The largest absolute Gasteiger partial charge is 0.464 e. The number of ether oxygens (including phenoxy) is 1. The second kappa shape index (κ2) is 14.0. The van der Waals surface area contributed by atoms with Crippen molar-refractivity contribution in [2.45, 2.75) is 84.1 Å². The molecule has 1 atom stereocenters. The molecule has 1 saturated heterocycles. The number of para-hydroxylation sites is 2. The predicted octanol–water partition coefficient (Wildman–Crippen LogP) is 7.27. The number of likely N-dealkylation sites (N-methyl/N-ethyl adjacent to an activating group) is 1. The summed E-state index contributed by atoms with van der Waals surface area (Å²) in [5.74, 6) is 0.949. The zero-order valence-electron chi connectivity index (χ0n) is 22.9. The Hall–Kier alpha value is -2.38. The summed E-state index contributed by atoms with van der Waals surface area (Å²) in [6.45, 7) is 7.43. The number of benzene rings is 1. The van der Waals surface area contributed by atoms with E-state index < -0.39 is 0 Å². The monoisotopic (exact) mass is 524 g/mol. The molecular weight excluding hydrogens is 480 g/mol. The van der Waals surface area contributed by atoms with Gasteiger partial charge in [0.1, 0.15) is 17.4 Å². The molecule has 3 heterocycles. The zero-order chi connectivity index (χ0) is 26.0. The SMILES string of the molecule is CCCCCCCCCCCC(=O)OCC1CN(C2=Nc3ccccc3Nc3sc(C)cc32)CCN1C. The molecule has 1 aromatic heterocycles. The van der Waals surface area contributed by atoms with Crippen LogP contribution in [0.25, 0.3) is 0 Å². The number of aliphatic imine (C=N–C) groups is 1. The first-order valence-corrected chi connectivity index (χ1v) is 15.0. The summed E-state index contributed by atoms with van der Waals surface area (Å²) in [4.78, 5) is 23.5. The number of nitrogens with zero attached hydrogens (tertiary/aromatic N) is 3. The van der Waals surface area contributed by atoms with E-state index in [9.17, 15) is 4.79 Å². The minimum Gasteiger partial charge on any atom is -0.464 e. The number of carbonyl (C=O) groups is 1. The van der Waals surface area contributed by atoms with Crippen molar-refractivity contribution >= 4 is 39.5 Å². The van der Waals surface area contributed by atoms with Crippen LogP contribution in [0.1, 0.15) is 81.6 Å². The molecule has 2 aliphatic rings. The van der Waals surface area contributed by atoms with Crippen LogP contribution in [0.4, 0.5) is 16.4 Å². The molecule has 0 bridgehead atoms. The summed E-state index contributed by atoms with van der Waals surface area (Å²) in [7, 11) is 2.13. The highest BCUT2D eigenvalue weighted by atomic mass is 32.1. The molecule has 1 unspecified atom stereocenters. The molecule has 1 N–H and O–H groups in total. The van der Waals surface area contributed by atoms with Crippen LogP contribution in [-0.2, 0) is 9.53 Å². The van der Waals surface area contributed by atoms with Crippen molar-refractivity contribution in [2.75, 3.05) is 38.6 Å². The highest BCUT2D eigenvalue weighted by Gasteiger charge is 2.30. The number of hydrogen-bond acceptors (Lipinski definition) is 7. The number of nitrogens with one attached hydrogen (secondary N) is 1. The Morgan fingerprint density at radius 3 is 2.59 bits per heavy atom. The first-order valence-electron chi connectivity index (χ1n) is 14.2. The van der Waals surface area contributed by atoms with Gasteiger partial charge in [-0.05, 0) is 38.6 Å². The number of rotatable bonds is 12. The lowest BCUT2D eigenvalue weighted by molar-refractivity contribution is -0.146. The Kier molecular flexibility index (Phi) is 10.4. The molecule has 2 aromatic rings. The molecule has 37 heavy (non-hydrogen) atoms. The molecule has 4 rings (SSSR count). The first kappa shape index (κ1) is 27.6. The van der Waals surface area contributed by atoms with Crippen LogP contribution in [0, 0.1) is 6.92 Å². The number of thiophene rings is 1. The van der Waals surface area contributed by atoms with E-state index in [0.717, 1.165) is 60.3 Å². The Morgan fingerprint density at radius 2 is 1.81 bits per heavy atom. The third-order valence-corrected chi connectivity index (χ3v) is 8.44. The van der Waals surface area contributed by atoms with Gasteiger partial charge in [0.05, 0.1) is 23.0 Å². The standard InChI is InChI=1S/C30H44N4O2S/c1-4-5-6-7-8-9-10-11-12-17-28(35)36-22-24-21-34(19-18-33(24)3)29-25-20-23(2)37-30(25)32-27-16-14-13-15-26(27)31-29/h13-16,20,24,32H,4-12,17-19,21-22H2,1-3H3. The van der Waals surface area contributed by atoms with Crippen molar-refractivity contribution in [1.29, 1.82) is 0 Å². The van der Waals surface area contributed by atoms with Gasteiger partial charge in [-0.2, -0.15) is 0 Å². The van der Waals surface area contributed by atoms with Crippen LogP contribution in [0.15, 0.2) is 35.3 Å². The number of aryl methyl sites for hydroxylation is 1. The lowest BCUT2D eigenvalue weighted by atomic mass is 10.1.